The quantitative estimate of drug-likeness (QED) is 0.260. The van der Waals surface area contributed by atoms with Gasteiger partial charge in [0, 0.05) is 24.3 Å². The lowest BCUT2D eigenvalue weighted by Gasteiger charge is -2.34. The number of pyridine rings is 1. The SMILES string of the molecule is CCN(C(C)C)C(C)c1cc([C@@H]2CCc3ccc(C(C4CC4)[C@H](C)C(=O)O)cc3O2)ccc1-c1ccnc(OC)c1. The Bertz CT molecular complexity index is 1380. The molecule has 0 bridgehead atoms. The number of carboxylic acids is 1. The van der Waals surface area contributed by atoms with Crippen LogP contribution >= 0.6 is 0 Å². The second-order valence-corrected chi connectivity index (χ2v) is 12.0. The largest absolute Gasteiger partial charge is 0.485 e. The highest BCUT2D eigenvalue weighted by Gasteiger charge is 2.39. The number of carboxylic acid groups (broad SMARTS) is 1. The van der Waals surface area contributed by atoms with Crippen molar-refractivity contribution in [1.82, 2.24) is 9.88 Å². The molecule has 3 aromatic rings. The van der Waals surface area contributed by atoms with Gasteiger partial charge in [-0.3, -0.25) is 9.69 Å². The minimum atomic E-state index is -0.727. The average molecular weight is 557 g/mol. The Labute approximate surface area is 244 Å². The third-order valence-corrected chi connectivity index (χ3v) is 9.16. The first-order chi connectivity index (χ1) is 19.7. The van der Waals surface area contributed by atoms with E-state index >= 15 is 0 Å². The molecule has 218 valence electrons. The Balaban J connectivity index is 1.49. The first-order valence-electron chi connectivity index (χ1n) is 15.1. The molecule has 0 radical (unpaired) electrons. The molecule has 1 fully saturated rings. The third kappa shape index (κ3) is 6.13. The van der Waals surface area contributed by atoms with Crippen LogP contribution in [0.25, 0.3) is 11.1 Å². The lowest BCUT2D eigenvalue weighted by Crippen LogP contribution is -2.33. The number of benzene rings is 2. The summed E-state index contributed by atoms with van der Waals surface area (Å²) in [4.78, 5) is 18.7. The Hall–Kier alpha value is -3.38. The molecule has 1 aliphatic carbocycles. The number of aromatic nitrogens is 1. The Kier molecular flexibility index (Phi) is 8.69. The number of fused-ring (bicyclic) bond motifs is 1. The van der Waals surface area contributed by atoms with Gasteiger partial charge in [0.2, 0.25) is 5.88 Å². The number of aryl methyl sites for hydroxylation is 1. The normalized spacial score (nSPS) is 18.9. The fourth-order valence-corrected chi connectivity index (χ4v) is 6.75. The van der Waals surface area contributed by atoms with Gasteiger partial charge in [-0.15, -0.1) is 0 Å². The van der Waals surface area contributed by atoms with Crippen molar-refractivity contribution < 1.29 is 19.4 Å². The highest BCUT2D eigenvalue weighted by atomic mass is 16.5. The van der Waals surface area contributed by atoms with Crippen molar-refractivity contribution in [2.75, 3.05) is 13.7 Å². The smallest absolute Gasteiger partial charge is 0.306 e. The minimum Gasteiger partial charge on any atom is -0.485 e. The Morgan fingerprint density at radius 2 is 1.85 bits per heavy atom. The fraction of sp³-hybridized carbons (Fsp3) is 0.486. The summed E-state index contributed by atoms with van der Waals surface area (Å²) in [7, 11) is 1.65. The van der Waals surface area contributed by atoms with Crippen LogP contribution in [0.5, 0.6) is 11.6 Å². The molecule has 0 spiro atoms. The molecule has 2 aliphatic rings. The maximum atomic E-state index is 11.9. The van der Waals surface area contributed by atoms with E-state index in [1.807, 2.05) is 19.1 Å². The van der Waals surface area contributed by atoms with Crippen LogP contribution in [0.15, 0.2) is 54.7 Å². The second kappa shape index (κ2) is 12.2. The number of rotatable bonds is 11. The van der Waals surface area contributed by atoms with Crippen molar-refractivity contribution >= 4 is 5.97 Å². The van der Waals surface area contributed by atoms with E-state index in [9.17, 15) is 9.90 Å². The number of carbonyl (C=O) groups is 1. The number of ether oxygens (including phenoxy) is 2. The summed E-state index contributed by atoms with van der Waals surface area (Å²) in [5.41, 5.74) is 6.99. The van der Waals surface area contributed by atoms with Crippen molar-refractivity contribution in [1.29, 1.82) is 0 Å². The van der Waals surface area contributed by atoms with Gasteiger partial charge in [0.15, 0.2) is 0 Å². The van der Waals surface area contributed by atoms with Gasteiger partial charge < -0.3 is 14.6 Å². The average Bonchev–Trinajstić information content (AvgIpc) is 3.82. The zero-order chi connectivity index (χ0) is 29.3. The van der Waals surface area contributed by atoms with E-state index in [4.69, 9.17) is 9.47 Å². The molecule has 41 heavy (non-hydrogen) atoms. The topological polar surface area (TPSA) is 71.9 Å². The molecular weight excluding hydrogens is 512 g/mol. The van der Waals surface area contributed by atoms with E-state index in [1.54, 1.807) is 13.3 Å². The summed E-state index contributed by atoms with van der Waals surface area (Å²) in [6.45, 7) is 11.8. The molecule has 4 atom stereocenters. The standard InChI is InChI=1S/C35H44N2O4/c1-7-37(21(2)3)23(5)30-18-27(12-14-29(30)26-16-17-36-33(20-26)40-6)31-15-13-24-8-11-28(19-32(24)41-31)34(25-9-10-25)22(4)35(38)39/h8,11-12,14,16-23,25,31,34H,7,9-10,13,15H2,1-6H3,(H,38,39)/t22-,23?,31-,34?/m0/s1. The molecule has 1 aromatic heterocycles. The Morgan fingerprint density at radius 3 is 2.51 bits per heavy atom. The molecule has 1 aliphatic heterocycles. The molecule has 0 saturated heterocycles. The number of methoxy groups -OCH3 is 1. The number of hydrogen-bond donors (Lipinski definition) is 1. The Morgan fingerprint density at radius 1 is 1.07 bits per heavy atom. The van der Waals surface area contributed by atoms with Gasteiger partial charge in [0.05, 0.1) is 13.0 Å². The summed E-state index contributed by atoms with van der Waals surface area (Å²) < 4.78 is 12.1. The van der Waals surface area contributed by atoms with Gasteiger partial charge in [-0.25, -0.2) is 4.98 Å². The van der Waals surface area contributed by atoms with Crippen LogP contribution in [0.2, 0.25) is 0 Å². The first-order valence-corrected chi connectivity index (χ1v) is 15.1. The molecule has 1 saturated carbocycles. The predicted octanol–water partition coefficient (Wildman–Crippen LogP) is 7.83. The molecule has 5 rings (SSSR count). The highest BCUT2D eigenvalue weighted by molar-refractivity contribution is 5.71. The van der Waals surface area contributed by atoms with E-state index in [2.05, 4.69) is 74.0 Å². The van der Waals surface area contributed by atoms with Crippen LogP contribution in [0.1, 0.15) is 94.2 Å². The van der Waals surface area contributed by atoms with Crippen molar-refractivity contribution in [2.45, 2.75) is 84.4 Å². The monoisotopic (exact) mass is 556 g/mol. The molecule has 1 N–H and O–H groups in total. The van der Waals surface area contributed by atoms with Gasteiger partial charge in [-0.2, -0.15) is 0 Å². The maximum Gasteiger partial charge on any atom is 0.306 e. The lowest BCUT2D eigenvalue weighted by molar-refractivity contribution is -0.142. The fourth-order valence-electron chi connectivity index (χ4n) is 6.75. The van der Waals surface area contributed by atoms with Crippen LogP contribution in [0, 0.1) is 11.8 Å². The van der Waals surface area contributed by atoms with Crippen LogP contribution in [-0.2, 0) is 11.2 Å². The summed E-state index contributed by atoms with van der Waals surface area (Å²) in [6.07, 6.45) is 5.78. The predicted molar refractivity (Wildman–Crippen MR) is 163 cm³/mol. The summed E-state index contributed by atoms with van der Waals surface area (Å²) >= 11 is 0. The second-order valence-electron chi connectivity index (χ2n) is 12.0. The van der Waals surface area contributed by atoms with Crippen LogP contribution in [0.4, 0.5) is 0 Å². The van der Waals surface area contributed by atoms with Crippen LogP contribution in [0.3, 0.4) is 0 Å². The van der Waals surface area contributed by atoms with Crippen molar-refractivity contribution in [3.8, 4) is 22.8 Å². The lowest BCUT2D eigenvalue weighted by atomic mass is 9.82. The number of nitrogens with zero attached hydrogens (tertiary/aromatic N) is 2. The van der Waals surface area contributed by atoms with E-state index < -0.39 is 11.9 Å². The molecule has 6 nitrogen and oxygen atoms in total. The summed E-state index contributed by atoms with van der Waals surface area (Å²) in [5, 5.41) is 9.77. The first kappa shape index (κ1) is 29.1. The third-order valence-electron chi connectivity index (χ3n) is 9.16. The van der Waals surface area contributed by atoms with E-state index in [0.29, 0.717) is 17.8 Å². The van der Waals surface area contributed by atoms with Gasteiger partial charge in [0.1, 0.15) is 11.9 Å². The minimum absolute atomic E-state index is 0.0296. The highest BCUT2D eigenvalue weighted by Crippen LogP contribution is 2.48. The molecule has 0 amide bonds. The molecule has 2 aromatic carbocycles. The van der Waals surface area contributed by atoms with Gasteiger partial charge in [-0.05, 0) is 116 Å². The van der Waals surface area contributed by atoms with Crippen LogP contribution in [-0.4, -0.2) is 40.7 Å². The van der Waals surface area contributed by atoms with Crippen molar-refractivity contribution in [3.63, 3.8) is 0 Å². The molecule has 2 unspecified atom stereocenters. The van der Waals surface area contributed by atoms with E-state index in [-0.39, 0.29) is 18.1 Å². The zero-order valence-electron chi connectivity index (χ0n) is 25.3. The van der Waals surface area contributed by atoms with E-state index in [1.165, 1.54) is 22.3 Å². The van der Waals surface area contributed by atoms with Crippen molar-refractivity contribution in [2.24, 2.45) is 11.8 Å². The van der Waals surface area contributed by atoms with E-state index in [0.717, 1.165) is 49.1 Å². The number of aliphatic carboxylic acids is 1. The summed E-state index contributed by atoms with van der Waals surface area (Å²) in [5.74, 6) is 0.842. The molecule has 2 heterocycles. The maximum absolute atomic E-state index is 11.9. The summed E-state index contributed by atoms with van der Waals surface area (Å²) in [6, 6.07) is 17.8. The van der Waals surface area contributed by atoms with Gasteiger partial charge in [0.25, 0.3) is 0 Å². The van der Waals surface area contributed by atoms with Gasteiger partial charge in [-0.1, -0.05) is 38.1 Å². The van der Waals surface area contributed by atoms with Crippen molar-refractivity contribution in [3.05, 3.63) is 77.0 Å². The van der Waals surface area contributed by atoms with Gasteiger partial charge >= 0.3 is 5.97 Å². The van der Waals surface area contributed by atoms with Crippen LogP contribution < -0.4 is 9.47 Å². The molecular formula is C35H44N2O4. The zero-order valence-corrected chi connectivity index (χ0v) is 25.3. The number of hydrogen-bond acceptors (Lipinski definition) is 5. The molecule has 6 heteroatoms.